The maximum atomic E-state index is 10.9. The summed E-state index contributed by atoms with van der Waals surface area (Å²) in [6.07, 6.45) is 8.43. The average molecular weight is 210 g/mol. The Kier molecular flexibility index (Phi) is 4.95. The molecule has 0 aromatic rings. The van der Waals surface area contributed by atoms with Crippen molar-refractivity contribution >= 4 is 5.78 Å². The summed E-state index contributed by atoms with van der Waals surface area (Å²) >= 11 is 0. The summed E-state index contributed by atoms with van der Waals surface area (Å²) in [5.74, 6) is 0.569. The fraction of sp³-hybridized carbons (Fsp3) is 0.615. The van der Waals surface area contributed by atoms with E-state index in [1.165, 1.54) is 18.4 Å². The van der Waals surface area contributed by atoms with Crippen molar-refractivity contribution in [2.24, 2.45) is 11.3 Å². The molecule has 0 aromatic carbocycles. The molecule has 0 amide bonds. The SMILES string of the molecule is CC(=O)/C=C/C1C(C)=CCCC1(C)C.O. The fourth-order valence-electron chi connectivity index (χ4n) is 2.21. The molecule has 0 fully saturated rings. The van der Waals surface area contributed by atoms with Crippen LogP contribution in [0.3, 0.4) is 0 Å². The molecule has 0 bridgehead atoms. The van der Waals surface area contributed by atoms with E-state index in [-0.39, 0.29) is 11.3 Å². The Morgan fingerprint density at radius 1 is 1.53 bits per heavy atom. The van der Waals surface area contributed by atoms with Gasteiger partial charge in [0.25, 0.3) is 0 Å². The van der Waals surface area contributed by atoms with Crippen molar-refractivity contribution < 1.29 is 10.3 Å². The van der Waals surface area contributed by atoms with Crippen LogP contribution in [-0.4, -0.2) is 11.3 Å². The standard InChI is InChI=1S/C13H20O.H2O/c1-10-6-5-9-13(3,4)12(10)8-7-11(2)14;/h6-8,12H,5,9H2,1-4H3;1H2/b8-7+;. The summed E-state index contributed by atoms with van der Waals surface area (Å²) in [5.41, 5.74) is 1.70. The van der Waals surface area contributed by atoms with E-state index in [0.717, 1.165) is 0 Å². The number of carbonyl (C=O) groups excluding carboxylic acids is 1. The van der Waals surface area contributed by atoms with Crippen molar-refractivity contribution in [1.29, 1.82) is 0 Å². The van der Waals surface area contributed by atoms with Gasteiger partial charge in [-0.3, -0.25) is 4.79 Å². The number of carbonyl (C=O) groups is 1. The molecule has 0 aromatic heterocycles. The molecule has 1 rings (SSSR count). The van der Waals surface area contributed by atoms with Gasteiger partial charge in [-0.2, -0.15) is 0 Å². The van der Waals surface area contributed by atoms with Crippen LogP contribution in [0.5, 0.6) is 0 Å². The second kappa shape index (κ2) is 5.26. The van der Waals surface area contributed by atoms with Gasteiger partial charge in [-0.1, -0.05) is 31.6 Å². The third-order valence-corrected chi connectivity index (χ3v) is 3.11. The molecule has 0 saturated heterocycles. The fourth-order valence-corrected chi connectivity index (χ4v) is 2.21. The van der Waals surface area contributed by atoms with E-state index in [2.05, 4.69) is 32.9 Å². The Hall–Kier alpha value is -0.890. The van der Waals surface area contributed by atoms with E-state index in [4.69, 9.17) is 0 Å². The highest BCUT2D eigenvalue weighted by molar-refractivity contribution is 5.87. The smallest absolute Gasteiger partial charge is 0.152 e. The molecule has 0 heterocycles. The van der Waals surface area contributed by atoms with Crippen LogP contribution in [0, 0.1) is 11.3 Å². The van der Waals surface area contributed by atoms with Crippen LogP contribution in [0.1, 0.15) is 40.5 Å². The van der Waals surface area contributed by atoms with Crippen LogP contribution in [0.4, 0.5) is 0 Å². The second-order valence-electron chi connectivity index (χ2n) is 4.92. The maximum absolute atomic E-state index is 10.9. The Labute approximate surface area is 92.4 Å². The van der Waals surface area contributed by atoms with Crippen LogP contribution < -0.4 is 0 Å². The summed E-state index contributed by atoms with van der Waals surface area (Å²) in [6, 6.07) is 0. The first-order valence-corrected chi connectivity index (χ1v) is 5.29. The number of hydrogen-bond acceptors (Lipinski definition) is 1. The number of rotatable bonds is 2. The highest BCUT2D eigenvalue weighted by Crippen LogP contribution is 2.41. The average Bonchev–Trinajstić information content (AvgIpc) is 2.01. The molecule has 0 radical (unpaired) electrons. The first-order valence-electron chi connectivity index (χ1n) is 5.29. The zero-order valence-corrected chi connectivity index (χ0v) is 10.1. The molecule has 86 valence electrons. The van der Waals surface area contributed by atoms with E-state index >= 15 is 0 Å². The highest BCUT2D eigenvalue weighted by atomic mass is 16.1. The quantitative estimate of drug-likeness (QED) is 0.510. The minimum Gasteiger partial charge on any atom is -0.412 e. The van der Waals surface area contributed by atoms with E-state index in [1.807, 2.05) is 0 Å². The Morgan fingerprint density at radius 2 is 2.13 bits per heavy atom. The van der Waals surface area contributed by atoms with Crippen molar-refractivity contribution in [3.63, 3.8) is 0 Å². The molecule has 0 saturated carbocycles. The molecule has 2 heteroatoms. The summed E-state index contributed by atoms with van der Waals surface area (Å²) in [6.45, 7) is 8.32. The summed E-state index contributed by atoms with van der Waals surface area (Å²) < 4.78 is 0. The van der Waals surface area contributed by atoms with E-state index in [1.54, 1.807) is 13.0 Å². The summed E-state index contributed by atoms with van der Waals surface area (Å²) in [4.78, 5) is 10.9. The van der Waals surface area contributed by atoms with Crippen LogP contribution >= 0.6 is 0 Å². The van der Waals surface area contributed by atoms with E-state index < -0.39 is 0 Å². The first kappa shape index (κ1) is 14.1. The predicted octanol–water partition coefficient (Wildman–Crippen LogP) is 2.69. The lowest BCUT2D eigenvalue weighted by atomic mass is 9.68. The zero-order valence-electron chi connectivity index (χ0n) is 10.1. The highest BCUT2D eigenvalue weighted by Gasteiger charge is 2.30. The van der Waals surface area contributed by atoms with Gasteiger partial charge in [0, 0.05) is 5.92 Å². The summed E-state index contributed by atoms with van der Waals surface area (Å²) in [5, 5.41) is 0. The maximum Gasteiger partial charge on any atom is 0.152 e. The topological polar surface area (TPSA) is 48.6 Å². The third kappa shape index (κ3) is 3.63. The van der Waals surface area contributed by atoms with Gasteiger partial charge in [0.2, 0.25) is 0 Å². The molecule has 1 unspecified atom stereocenters. The van der Waals surface area contributed by atoms with Crippen molar-refractivity contribution in [3.8, 4) is 0 Å². The molecule has 0 spiro atoms. The van der Waals surface area contributed by atoms with Crippen molar-refractivity contribution in [2.45, 2.75) is 40.5 Å². The van der Waals surface area contributed by atoms with Gasteiger partial charge in [-0.05, 0) is 38.2 Å². The monoisotopic (exact) mass is 210 g/mol. The molecule has 2 nitrogen and oxygen atoms in total. The van der Waals surface area contributed by atoms with Crippen molar-refractivity contribution in [2.75, 3.05) is 0 Å². The summed E-state index contributed by atoms with van der Waals surface area (Å²) in [7, 11) is 0. The number of hydrogen-bond donors (Lipinski definition) is 0. The zero-order chi connectivity index (χ0) is 10.8. The lowest BCUT2D eigenvalue weighted by molar-refractivity contribution is -0.112. The first-order chi connectivity index (χ1) is 6.43. The Bertz CT molecular complexity index is 285. The van der Waals surface area contributed by atoms with Gasteiger partial charge in [0.15, 0.2) is 5.78 Å². The van der Waals surface area contributed by atoms with Gasteiger partial charge in [-0.15, -0.1) is 0 Å². The normalized spacial score (nSPS) is 24.5. The predicted molar refractivity (Wildman–Crippen MR) is 63.7 cm³/mol. The molecular weight excluding hydrogens is 188 g/mol. The minimum absolute atomic E-state index is 0. The molecule has 1 atom stereocenters. The largest absolute Gasteiger partial charge is 0.412 e. The molecule has 0 aliphatic heterocycles. The van der Waals surface area contributed by atoms with Crippen LogP contribution in [0.25, 0.3) is 0 Å². The van der Waals surface area contributed by atoms with Crippen LogP contribution in [-0.2, 0) is 4.79 Å². The van der Waals surface area contributed by atoms with Crippen LogP contribution in [0.15, 0.2) is 23.8 Å². The number of allylic oxidation sites excluding steroid dienone is 4. The van der Waals surface area contributed by atoms with Crippen LogP contribution in [0.2, 0.25) is 0 Å². The van der Waals surface area contributed by atoms with Crippen molar-refractivity contribution in [3.05, 3.63) is 23.8 Å². The minimum atomic E-state index is 0. The van der Waals surface area contributed by atoms with E-state index in [9.17, 15) is 4.79 Å². The van der Waals surface area contributed by atoms with Gasteiger partial charge in [-0.25, -0.2) is 0 Å². The number of ketones is 1. The molecular formula is C13H22O2. The Morgan fingerprint density at radius 3 is 2.60 bits per heavy atom. The van der Waals surface area contributed by atoms with E-state index in [0.29, 0.717) is 11.3 Å². The Balaban J connectivity index is 0.00000196. The third-order valence-electron chi connectivity index (χ3n) is 3.11. The molecule has 2 N–H and O–H groups in total. The molecule has 1 aliphatic rings. The van der Waals surface area contributed by atoms with Crippen molar-refractivity contribution in [1.82, 2.24) is 0 Å². The van der Waals surface area contributed by atoms with Gasteiger partial charge in [0.1, 0.15) is 0 Å². The molecule has 15 heavy (non-hydrogen) atoms. The lowest BCUT2D eigenvalue weighted by Crippen LogP contribution is -2.26. The van der Waals surface area contributed by atoms with Gasteiger partial charge >= 0.3 is 0 Å². The van der Waals surface area contributed by atoms with Gasteiger partial charge < -0.3 is 5.48 Å². The van der Waals surface area contributed by atoms with Gasteiger partial charge in [0.05, 0.1) is 0 Å². The second-order valence-corrected chi connectivity index (χ2v) is 4.92. The molecule has 1 aliphatic carbocycles. The lowest BCUT2D eigenvalue weighted by Gasteiger charge is -2.36.